The first-order valence-corrected chi connectivity index (χ1v) is 8.40. The fourth-order valence-corrected chi connectivity index (χ4v) is 2.97. The number of furan rings is 1. The molecule has 0 spiro atoms. The molecule has 0 radical (unpaired) electrons. The van der Waals surface area contributed by atoms with Crippen molar-refractivity contribution in [3.63, 3.8) is 0 Å². The second-order valence-electron chi connectivity index (χ2n) is 6.17. The summed E-state index contributed by atoms with van der Waals surface area (Å²) >= 11 is 0. The highest BCUT2D eigenvalue weighted by molar-refractivity contribution is 5.49. The SMILES string of the molecule is COCc1ccc(CNc2ccc(N3CCC(CO)CC3)cn2)o1. The third-order valence-electron chi connectivity index (χ3n) is 4.43. The second-order valence-corrected chi connectivity index (χ2v) is 6.17. The zero-order valence-corrected chi connectivity index (χ0v) is 14.1. The summed E-state index contributed by atoms with van der Waals surface area (Å²) in [7, 11) is 1.65. The van der Waals surface area contributed by atoms with Gasteiger partial charge in [0.2, 0.25) is 0 Å². The molecule has 0 aliphatic carbocycles. The normalized spacial score (nSPS) is 15.7. The van der Waals surface area contributed by atoms with Crippen LogP contribution in [0.25, 0.3) is 0 Å². The molecule has 130 valence electrons. The Kier molecular flexibility index (Phi) is 5.72. The average molecular weight is 331 g/mol. The van der Waals surface area contributed by atoms with Gasteiger partial charge in [-0.3, -0.25) is 0 Å². The predicted octanol–water partition coefficient (Wildman–Crippen LogP) is 2.64. The molecular weight excluding hydrogens is 306 g/mol. The highest BCUT2D eigenvalue weighted by atomic mass is 16.5. The zero-order valence-electron chi connectivity index (χ0n) is 14.1. The number of aliphatic hydroxyl groups is 1. The van der Waals surface area contributed by atoms with Crippen molar-refractivity contribution in [2.75, 3.05) is 37.0 Å². The first kappa shape index (κ1) is 16.8. The van der Waals surface area contributed by atoms with E-state index in [1.165, 1.54) is 0 Å². The third kappa shape index (κ3) is 4.27. The van der Waals surface area contributed by atoms with Gasteiger partial charge in [0, 0.05) is 26.8 Å². The average Bonchev–Trinajstić information content (AvgIpc) is 3.08. The van der Waals surface area contributed by atoms with Crippen LogP contribution >= 0.6 is 0 Å². The number of nitrogens with one attached hydrogen (secondary N) is 1. The minimum Gasteiger partial charge on any atom is -0.462 e. The van der Waals surface area contributed by atoms with Crippen molar-refractivity contribution >= 4 is 11.5 Å². The van der Waals surface area contributed by atoms with Gasteiger partial charge in [0.15, 0.2) is 0 Å². The van der Waals surface area contributed by atoms with Crippen molar-refractivity contribution in [1.82, 2.24) is 4.98 Å². The summed E-state index contributed by atoms with van der Waals surface area (Å²) in [5, 5.41) is 12.5. The summed E-state index contributed by atoms with van der Waals surface area (Å²) in [6.07, 6.45) is 3.98. The lowest BCUT2D eigenvalue weighted by atomic mass is 9.98. The lowest BCUT2D eigenvalue weighted by Gasteiger charge is -2.32. The van der Waals surface area contributed by atoms with Crippen LogP contribution < -0.4 is 10.2 Å². The minimum absolute atomic E-state index is 0.299. The number of piperidine rings is 1. The molecule has 2 aromatic heterocycles. The molecule has 24 heavy (non-hydrogen) atoms. The van der Waals surface area contributed by atoms with Crippen molar-refractivity contribution in [2.45, 2.75) is 26.0 Å². The van der Waals surface area contributed by atoms with E-state index in [1.807, 2.05) is 24.4 Å². The molecule has 1 fully saturated rings. The molecule has 0 bridgehead atoms. The number of anilines is 2. The van der Waals surface area contributed by atoms with Crippen LogP contribution in [0.3, 0.4) is 0 Å². The van der Waals surface area contributed by atoms with Gasteiger partial charge in [-0.05, 0) is 43.0 Å². The van der Waals surface area contributed by atoms with E-state index in [0.29, 0.717) is 25.7 Å². The van der Waals surface area contributed by atoms with E-state index in [4.69, 9.17) is 9.15 Å². The molecule has 3 heterocycles. The van der Waals surface area contributed by atoms with E-state index >= 15 is 0 Å². The maximum atomic E-state index is 9.21. The molecule has 1 aliphatic heterocycles. The molecule has 1 saturated heterocycles. The Hall–Kier alpha value is -2.05. The van der Waals surface area contributed by atoms with E-state index in [-0.39, 0.29) is 0 Å². The first-order chi connectivity index (χ1) is 11.8. The molecule has 2 N–H and O–H groups in total. The third-order valence-corrected chi connectivity index (χ3v) is 4.43. The summed E-state index contributed by atoms with van der Waals surface area (Å²) in [5.41, 5.74) is 1.14. The highest BCUT2D eigenvalue weighted by Gasteiger charge is 2.18. The van der Waals surface area contributed by atoms with Gasteiger partial charge in [0.25, 0.3) is 0 Å². The van der Waals surface area contributed by atoms with Crippen LogP contribution in [-0.2, 0) is 17.9 Å². The minimum atomic E-state index is 0.299. The predicted molar refractivity (Wildman–Crippen MR) is 93.0 cm³/mol. The Balaban J connectivity index is 1.51. The number of pyridine rings is 1. The maximum absolute atomic E-state index is 9.21. The topological polar surface area (TPSA) is 70.8 Å². The van der Waals surface area contributed by atoms with Gasteiger partial charge in [-0.1, -0.05) is 0 Å². The quantitative estimate of drug-likeness (QED) is 0.813. The lowest BCUT2D eigenvalue weighted by Crippen LogP contribution is -2.34. The number of hydrogen-bond acceptors (Lipinski definition) is 6. The van der Waals surface area contributed by atoms with Crippen LogP contribution in [0, 0.1) is 5.92 Å². The smallest absolute Gasteiger partial charge is 0.129 e. The Bertz CT molecular complexity index is 619. The molecule has 0 amide bonds. The van der Waals surface area contributed by atoms with Gasteiger partial charge in [-0.2, -0.15) is 0 Å². The van der Waals surface area contributed by atoms with Crippen molar-refractivity contribution in [3.8, 4) is 0 Å². The second kappa shape index (κ2) is 8.17. The van der Waals surface area contributed by atoms with Crippen LogP contribution in [0.4, 0.5) is 11.5 Å². The molecule has 6 heteroatoms. The van der Waals surface area contributed by atoms with Gasteiger partial charge in [-0.25, -0.2) is 4.98 Å². The van der Waals surface area contributed by atoms with Gasteiger partial charge in [0.05, 0.1) is 18.4 Å². The molecule has 6 nitrogen and oxygen atoms in total. The van der Waals surface area contributed by atoms with E-state index in [1.54, 1.807) is 7.11 Å². The molecule has 0 aromatic carbocycles. The summed E-state index contributed by atoms with van der Waals surface area (Å²) in [5.74, 6) is 2.96. The van der Waals surface area contributed by atoms with Crippen LogP contribution in [0.5, 0.6) is 0 Å². The van der Waals surface area contributed by atoms with Crippen molar-refractivity contribution in [2.24, 2.45) is 5.92 Å². The summed E-state index contributed by atoms with van der Waals surface area (Å²) in [4.78, 5) is 6.81. The molecule has 0 unspecified atom stereocenters. The number of nitrogens with zero attached hydrogens (tertiary/aromatic N) is 2. The van der Waals surface area contributed by atoms with Gasteiger partial charge in [0.1, 0.15) is 23.9 Å². The fraction of sp³-hybridized carbons (Fsp3) is 0.500. The zero-order chi connectivity index (χ0) is 16.8. The van der Waals surface area contributed by atoms with Crippen LogP contribution in [0.1, 0.15) is 24.4 Å². The van der Waals surface area contributed by atoms with Crippen molar-refractivity contribution in [1.29, 1.82) is 0 Å². The van der Waals surface area contributed by atoms with E-state index in [0.717, 1.165) is 49.0 Å². The monoisotopic (exact) mass is 331 g/mol. The molecule has 1 aliphatic rings. The first-order valence-electron chi connectivity index (χ1n) is 8.40. The number of aromatic nitrogens is 1. The Labute approximate surface area is 142 Å². The summed E-state index contributed by atoms with van der Waals surface area (Å²) in [6, 6.07) is 7.95. The number of rotatable bonds is 7. The number of hydrogen-bond donors (Lipinski definition) is 2. The van der Waals surface area contributed by atoms with E-state index < -0.39 is 0 Å². The van der Waals surface area contributed by atoms with Gasteiger partial charge < -0.3 is 24.5 Å². The van der Waals surface area contributed by atoms with Crippen LogP contribution in [0.2, 0.25) is 0 Å². The Morgan fingerprint density at radius 2 is 2.04 bits per heavy atom. The van der Waals surface area contributed by atoms with Crippen molar-refractivity contribution < 1.29 is 14.3 Å². The summed E-state index contributed by atoms with van der Waals surface area (Å²) < 4.78 is 10.7. The Morgan fingerprint density at radius 1 is 1.25 bits per heavy atom. The maximum Gasteiger partial charge on any atom is 0.129 e. The summed E-state index contributed by atoms with van der Waals surface area (Å²) in [6.45, 7) is 3.34. The molecule has 0 atom stereocenters. The van der Waals surface area contributed by atoms with Crippen LogP contribution in [-0.4, -0.2) is 36.9 Å². The fourth-order valence-electron chi connectivity index (χ4n) is 2.97. The lowest BCUT2D eigenvalue weighted by molar-refractivity contribution is 0.163. The molecule has 0 saturated carbocycles. The number of aliphatic hydroxyl groups excluding tert-OH is 1. The van der Waals surface area contributed by atoms with Crippen molar-refractivity contribution in [3.05, 3.63) is 42.0 Å². The largest absolute Gasteiger partial charge is 0.462 e. The van der Waals surface area contributed by atoms with E-state index in [2.05, 4.69) is 21.3 Å². The number of methoxy groups -OCH3 is 1. The van der Waals surface area contributed by atoms with Gasteiger partial charge >= 0.3 is 0 Å². The number of ether oxygens (including phenoxy) is 1. The standard InChI is InChI=1S/C18H25N3O3/c1-23-13-17-4-3-16(24-17)11-20-18-5-2-15(10-19-18)21-8-6-14(12-22)7-9-21/h2-5,10,14,22H,6-9,11-13H2,1H3,(H,19,20). The van der Waals surface area contributed by atoms with E-state index in [9.17, 15) is 5.11 Å². The van der Waals surface area contributed by atoms with Crippen LogP contribution in [0.15, 0.2) is 34.9 Å². The highest BCUT2D eigenvalue weighted by Crippen LogP contribution is 2.23. The molecule has 3 rings (SSSR count). The van der Waals surface area contributed by atoms with Gasteiger partial charge in [-0.15, -0.1) is 0 Å². The molecule has 2 aromatic rings. The molecular formula is C18H25N3O3. The Morgan fingerprint density at radius 3 is 2.71 bits per heavy atom.